The zero-order valence-corrected chi connectivity index (χ0v) is 20.8. The number of fused-ring (bicyclic) bond motifs is 1. The van der Waals surface area contributed by atoms with Crippen LogP contribution in [0, 0.1) is 19.8 Å². The van der Waals surface area contributed by atoms with Gasteiger partial charge in [-0.15, -0.1) is 0 Å². The van der Waals surface area contributed by atoms with Crippen LogP contribution in [-0.2, 0) is 0 Å². The van der Waals surface area contributed by atoms with Gasteiger partial charge in [0.1, 0.15) is 5.52 Å². The molecule has 8 heteroatoms. The zero-order valence-electron chi connectivity index (χ0n) is 20.1. The SMILES string of the molecule is Cc1ccc(-c2nccc(C)n2)c(C(=O)N2CCC[C@@H](C)C2CNc2nc3cc(Cl)ccc3o2)c1. The molecule has 180 valence electrons. The maximum Gasteiger partial charge on any atom is 0.295 e. The van der Waals surface area contributed by atoms with Gasteiger partial charge >= 0.3 is 0 Å². The fraction of sp³-hybridized carbons (Fsp3) is 0.333. The minimum Gasteiger partial charge on any atom is -0.424 e. The predicted octanol–water partition coefficient (Wildman–Crippen LogP) is 5.91. The highest BCUT2D eigenvalue weighted by Gasteiger charge is 2.33. The zero-order chi connectivity index (χ0) is 24.5. The summed E-state index contributed by atoms with van der Waals surface area (Å²) in [5.41, 5.74) is 4.64. The molecule has 4 aromatic rings. The van der Waals surface area contributed by atoms with E-state index in [1.807, 2.05) is 49.1 Å². The molecule has 1 amide bonds. The van der Waals surface area contributed by atoms with Crippen LogP contribution in [0.2, 0.25) is 5.02 Å². The number of benzene rings is 2. The molecular formula is C27H28ClN5O2. The van der Waals surface area contributed by atoms with Gasteiger partial charge in [0.25, 0.3) is 11.9 Å². The lowest BCUT2D eigenvalue weighted by atomic mass is 9.89. The van der Waals surface area contributed by atoms with Crippen molar-refractivity contribution in [2.75, 3.05) is 18.4 Å². The number of aromatic nitrogens is 3. The van der Waals surface area contributed by atoms with E-state index in [1.54, 1.807) is 18.3 Å². The van der Waals surface area contributed by atoms with Gasteiger partial charge in [0.2, 0.25) is 0 Å². The quantitative estimate of drug-likeness (QED) is 0.375. The molecule has 7 nitrogen and oxygen atoms in total. The van der Waals surface area contributed by atoms with Crippen molar-refractivity contribution in [1.82, 2.24) is 19.9 Å². The Morgan fingerprint density at radius 3 is 2.86 bits per heavy atom. The van der Waals surface area contributed by atoms with Gasteiger partial charge in [-0.25, -0.2) is 9.97 Å². The van der Waals surface area contributed by atoms with E-state index in [0.717, 1.165) is 29.7 Å². The highest BCUT2D eigenvalue weighted by atomic mass is 35.5. The number of nitrogens with one attached hydrogen (secondary N) is 1. The van der Waals surface area contributed by atoms with E-state index < -0.39 is 0 Å². The summed E-state index contributed by atoms with van der Waals surface area (Å²) in [4.78, 5) is 29.5. The maximum absolute atomic E-state index is 14.0. The van der Waals surface area contributed by atoms with E-state index in [9.17, 15) is 4.79 Å². The Bertz CT molecular complexity index is 1390. The summed E-state index contributed by atoms with van der Waals surface area (Å²) in [6.07, 6.45) is 3.75. The summed E-state index contributed by atoms with van der Waals surface area (Å²) in [7, 11) is 0. The Morgan fingerprint density at radius 2 is 2.03 bits per heavy atom. The van der Waals surface area contributed by atoms with E-state index in [0.29, 0.717) is 52.5 Å². The number of likely N-dealkylation sites (tertiary alicyclic amines) is 1. The summed E-state index contributed by atoms with van der Waals surface area (Å²) in [5, 5.41) is 3.93. The molecule has 1 unspecified atom stereocenters. The molecule has 0 radical (unpaired) electrons. The third-order valence-corrected chi connectivity index (χ3v) is 6.86. The van der Waals surface area contributed by atoms with Gasteiger partial charge < -0.3 is 14.6 Å². The van der Waals surface area contributed by atoms with E-state index >= 15 is 0 Å². The average molecular weight is 490 g/mol. The molecule has 0 bridgehead atoms. The van der Waals surface area contributed by atoms with Crippen LogP contribution in [0.25, 0.3) is 22.5 Å². The molecule has 3 heterocycles. The van der Waals surface area contributed by atoms with Crippen LogP contribution in [0.15, 0.2) is 53.1 Å². The second kappa shape index (κ2) is 9.66. The number of amides is 1. The third-order valence-electron chi connectivity index (χ3n) is 6.63. The van der Waals surface area contributed by atoms with Crippen LogP contribution >= 0.6 is 11.6 Å². The second-order valence-electron chi connectivity index (χ2n) is 9.27. The number of hydrogen-bond donors (Lipinski definition) is 1. The largest absolute Gasteiger partial charge is 0.424 e. The molecule has 2 atom stereocenters. The second-order valence-corrected chi connectivity index (χ2v) is 9.70. The first-order valence-electron chi connectivity index (χ1n) is 11.9. The summed E-state index contributed by atoms with van der Waals surface area (Å²) >= 11 is 6.08. The Balaban J connectivity index is 1.42. The minimum absolute atomic E-state index is 0.00324. The number of aryl methyl sites for hydroxylation is 2. The molecule has 1 fully saturated rings. The van der Waals surface area contributed by atoms with E-state index in [1.165, 1.54) is 0 Å². The monoisotopic (exact) mass is 489 g/mol. The molecule has 0 aliphatic carbocycles. The standard InChI is InChI=1S/C27H28ClN5O2/c1-16-6-8-20(25-29-11-10-18(3)31-25)21(13-16)26(34)33-12-4-5-17(2)23(33)15-30-27-32-22-14-19(28)7-9-24(22)35-27/h6-11,13-14,17,23H,4-5,12,15H2,1-3H3,(H,30,32)/t17-,23?/m1/s1. The van der Waals surface area contributed by atoms with Crippen molar-refractivity contribution in [2.45, 2.75) is 39.7 Å². The summed E-state index contributed by atoms with van der Waals surface area (Å²) in [6.45, 7) is 7.35. The number of hydrogen-bond acceptors (Lipinski definition) is 6. The fourth-order valence-electron chi connectivity index (χ4n) is 4.74. The lowest BCUT2D eigenvalue weighted by Gasteiger charge is -2.40. The number of rotatable bonds is 5. The molecule has 2 aromatic heterocycles. The van der Waals surface area contributed by atoms with Crippen molar-refractivity contribution in [3.8, 4) is 11.4 Å². The molecule has 1 aliphatic rings. The first-order chi connectivity index (χ1) is 16.9. The first kappa shape index (κ1) is 23.3. The highest BCUT2D eigenvalue weighted by Crippen LogP contribution is 2.30. The van der Waals surface area contributed by atoms with E-state index in [4.69, 9.17) is 16.0 Å². The van der Waals surface area contributed by atoms with Gasteiger partial charge in [0.05, 0.1) is 11.6 Å². The first-order valence-corrected chi connectivity index (χ1v) is 12.3. The number of nitrogens with zero attached hydrogens (tertiary/aromatic N) is 4. The molecule has 1 aliphatic heterocycles. The van der Waals surface area contributed by atoms with Crippen LogP contribution < -0.4 is 5.32 Å². The van der Waals surface area contributed by atoms with Crippen molar-refractivity contribution in [1.29, 1.82) is 0 Å². The molecule has 0 saturated carbocycles. The van der Waals surface area contributed by atoms with E-state index in [-0.39, 0.29) is 11.9 Å². The van der Waals surface area contributed by atoms with Gasteiger partial charge in [-0.1, -0.05) is 36.2 Å². The fourth-order valence-corrected chi connectivity index (χ4v) is 4.91. The van der Waals surface area contributed by atoms with Gasteiger partial charge in [0, 0.05) is 35.6 Å². The average Bonchev–Trinajstić information content (AvgIpc) is 3.24. The molecule has 1 N–H and O–H groups in total. The van der Waals surface area contributed by atoms with E-state index in [2.05, 4.69) is 27.2 Å². The Hall–Kier alpha value is -3.45. The van der Waals surface area contributed by atoms with Crippen LogP contribution in [0.4, 0.5) is 6.01 Å². The van der Waals surface area contributed by atoms with Crippen LogP contribution in [0.1, 0.15) is 41.4 Å². The minimum atomic E-state index is -0.0124. The summed E-state index contributed by atoms with van der Waals surface area (Å²) in [5.74, 6) is 0.886. The van der Waals surface area contributed by atoms with Gasteiger partial charge in [-0.3, -0.25) is 4.79 Å². The Kier molecular flexibility index (Phi) is 6.43. The van der Waals surface area contributed by atoms with Crippen LogP contribution in [0.3, 0.4) is 0 Å². The molecular weight excluding hydrogens is 462 g/mol. The third kappa shape index (κ3) is 4.86. The number of oxazole rings is 1. The predicted molar refractivity (Wildman–Crippen MR) is 138 cm³/mol. The van der Waals surface area contributed by atoms with Crippen molar-refractivity contribution < 1.29 is 9.21 Å². The lowest BCUT2D eigenvalue weighted by molar-refractivity contribution is 0.0540. The Labute approximate surface area is 209 Å². The van der Waals surface area contributed by atoms with Crippen LogP contribution in [-0.4, -0.2) is 44.9 Å². The Morgan fingerprint density at radius 1 is 1.17 bits per heavy atom. The molecule has 35 heavy (non-hydrogen) atoms. The van der Waals surface area contributed by atoms with Crippen molar-refractivity contribution in [3.63, 3.8) is 0 Å². The normalized spacial score (nSPS) is 18.1. The molecule has 5 rings (SSSR count). The lowest BCUT2D eigenvalue weighted by Crippen LogP contribution is -2.51. The van der Waals surface area contributed by atoms with Gasteiger partial charge in [0.15, 0.2) is 11.4 Å². The van der Waals surface area contributed by atoms with Gasteiger partial charge in [-0.05, 0) is 62.9 Å². The summed E-state index contributed by atoms with van der Waals surface area (Å²) in [6, 6.07) is 13.5. The number of anilines is 1. The highest BCUT2D eigenvalue weighted by molar-refractivity contribution is 6.31. The number of halogens is 1. The summed E-state index contributed by atoms with van der Waals surface area (Å²) < 4.78 is 5.83. The molecule has 2 aromatic carbocycles. The van der Waals surface area contributed by atoms with Gasteiger partial charge in [-0.2, -0.15) is 4.98 Å². The molecule has 0 spiro atoms. The van der Waals surface area contributed by atoms with Crippen molar-refractivity contribution in [2.24, 2.45) is 5.92 Å². The van der Waals surface area contributed by atoms with Crippen LogP contribution in [0.5, 0.6) is 0 Å². The smallest absolute Gasteiger partial charge is 0.295 e. The number of carbonyl (C=O) groups is 1. The topological polar surface area (TPSA) is 84.2 Å². The maximum atomic E-state index is 14.0. The van der Waals surface area contributed by atoms with Crippen molar-refractivity contribution in [3.05, 3.63) is 70.5 Å². The van der Waals surface area contributed by atoms with Crippen molar-refractivity contribution >= 4 is 34.6 Å². The number of piperidine rings is 1. The number of carbonyl (C=O) groups excluding carboxylic acids is 1. The molecule has 1 saturated heterocycles.